The molecule has 31 heavy (non-hydrogen) atoms. The second-order valence-electron chi connectivity index (χ2n) is 6.68. The van der Waals surface area contributed by atoms with Crippen LogP contribution in [0.5, 0.6) is 0 Å². The summed E-state index contributed by atoms with van der Waals surface area (Å²) >= 11 is 0. The normalized spacial score (nSPS) is 15.4. The standard InChI is InChI=1S/C21H23N5O5/c27-12-16(29)20(31)19(30)15(28)11-22-25-21-23-17(13-7-3-1-4-8-13)18(24-26-21)14-9-5-2-6-10-14/h1-11,15-16,19-20,27-31H,12H2,(H,23,25,26)/b22-11+/t15-,16+,19+,20-/m0/s1. The number of aromatic nitrogens is 3. The molecule has 0 spiro atoms. The molecule has 0 aliphatic carbocycles. The molecule has 0 saturated carbocycles. The number of rotatable bonds is 9. The molecule has 0 aliphatic rings. The van der Waals surface area contributed by atoms with Gasteiger partial charge in [0.2, 0.25) is 0 Å². The molecule has 0 unspecified atom stereocenters. The highest BCUT2D eigenvalue weighted by Gasteiger charge is 2.29. The Kier molecular flexibility index (Phi) is 7.70. The van der Waals surface area contributed by atoms with Gasteiger partial charge in [-0.05, 0) is 0 Å². The number of hydrogen-bond acceptors (Lipinski definition) is 10. The fourth-order valence-corrected chi connectivity index (χ4v) is 2.76. The summed E-state index contributed by atoms with van der Waals surface area (Å²) in [5, 5.41) is 59.5. The summed E-state index contributed by atoms with van der Waals surface area (Å²) in [5.74, 6) is 0.0485. The van der Waals surface area contributed by atoms with Crippen molar-refractivity contribution in [1.82, 2.24) is 15.2 Å². The molecule has 1 aromatic heterocycles. The molecule has 4 atom stereocenters. The topological polar surface area (TPSA) is 164 Å². The Labute approximate surface area is 178 Å². The first-order valence-electron chi connectivity index (χ1n) is 9.49. The quantitative estimate of drug-likeness (QED) is 0.205. The van der Waals surface area contributed by atoms with Crippen LogP contribution in [0.4, 0.5) is 5.95 Å². The zero-order valence-electron chi connectivity index (χ0n) is 16.4. The van der Waals surface area contributed by atoms with Crippen LogP contribution in [0.3, 0.4) is 0 Å². The molecule has 3 aromatic rings. The molecule has 10 heteroatoms. The predicted octanol–water partition coefficient (Wildman–Crippen LogP) is 0.0392. The number of benzene rings is 2. The average molecular weight is 425 g/mol. The SMILES string of the molecule is OC[C@@H](O)[C@H](O)[C@H](O)[C@@H](O)/C=N/Nc1nnc(-c2ccccc2)c(-c2ccccc2)n1. The van der Waals surface area contributed by atoms with Crippen molar-refractivity contribution < 1.29 is 25.5 Å². The van der Waals surface area contributed by atoms with Crippen molar-refractivity contribution in [1.29, 1.82) is 0 Å². The van der Waals surface area contributed by atoms with Crippen molar-refractivity contribution in [3.63, 3.8) is 0 Å². The number of hydrogen-bond donors (Lipinski definition) is 6. The first-order valence-corrected chi connectivity index (χ1v) is 9.49. The monoisotopic (exact) mass is 425 g/mol. The highest BCUT2D eigenvalue weighted by molar-refractivity contribution is 5.78. The van der Waals surface area contributed by atoms with E-state index in [-0.39, 0.29) is 5.95 Å². The van der Waals surface area contributed by atoms with Crippen molar-refractivity contribution in [2.75, 3.05) is 12.0 Å². The highest BCUT2D eigenvalue weighted by atomic mass is 16.4. The third kappa shape index (κ3) is 5.66. The van der Waals surface area contributed by atoms with Gasteiger partial charge in [0.25, 0.3) is 5.95 Å². The summed E-state index contributed by atoms with van der Waals surface area (Å²) in [6, 6.07) is 18.9. The minimum atomic E-state index is -1.76. The molecule has 0 saturated heterocycles. The van der Waals surface area contributed by atoms with E-state index in [0.29, 0.717) is 11.4 Å². The summed E-state index contributed by atoms with van der Waals surface area (Å²) in [6.45, 7) is -0.768. The third-order valence-electron chi connectivity index (χ3n) is 4.45. The summed E-state index contributed by atoms with van der Waals surface area (Å²) < 4.78 is 0. The Morgan fingerprint density at radius 3 is 1.97 bits per heavy atom. The van der Waals surface area contributed by atoms with Crippen LogP contribution in [0.25, 0.3) is 22.5 Å². The summed E-state index contributed by atoms with van der Waals surface area (Å²) in [7, 11) is 0. The van der Waals surface area contributed by atoms with Gasteiger partial charge in [-0.3, -0.25) is 0 Å². The first-order chi connectivity index (χ1) is 15.0. The molecule has 10 nitrogen and oxygen atoms in total. The van der Waals surface area contributed by atoms with Crippen LogP contribution in [0.1, 0.15) is 0 Å². The lowest BCUT2D eigenvalue weighted by Crippen LogP contribution is -2.46. The van der Waals surface area contributed by atoms with Crippen molar-refractivity contribution in [2.24, 2.45) is 5.10 Å². The predicted molar refractivity (Wildman–Crippen MR) is 114 cm³/mol. The van der Waals surface area contributed by atoms with Crippen LogP contribution in [0.2, 0.25) is 0 Å². The Bertz CT molecular complexity index is 990. The van der Waals surface area contributed by atoms with Crippen LogP contribution in [-0.2, 0) is 0 Å². The van der Waals surface area contributed by atoms with Crippen LogP contribution in [0, 0.1) is 0 Å². The van der Waals surface area contributed by atoms with Crippen LogP contribution < -0.4 is 5.43 Å². The lowest BCUT2D eigenvalue weighted by atomic mass is 10.0. The summed E-state index contributed by atoms with van der Waals surface area (Å²) in [5.41, 5.74) is 5.33. The molecule has 0 fully saturated rings. The van der Waals surface area contributed by atoms with Crippen LogP contribution in [-0.4, -0.2) is 78.0 Å². The van der Waals surface area contributed by atoms with Gasteiger partial charge in [-0.15, -0.1) is 10.2 Å². The highest BCUT2D eigenvalue weighted by Crippen LogP contribution is 2.28. The van der Waals surface area contributed by atoms with Gasteiger partial charge < -0.3 is 25.5 Å². The van der Waals surface area contributed by atoms with Gasteiger partial charge in [-0.1, -0.05) is 60.7 Å². The molecule has 162 valence electrons. The number of nitrogens with one attached hydrogen (secondary N) is 1. The number of hydrazone groups is 1. The molecule has 3 rings (SSSR count). The lowest BCUT2D eigenvalue weighted by molar-refractivity contribution is -0.0999. The van der Waals surface area contributed by atoms with Crippen molar-refractivity contribution >= 4 is 12.2 Å². The van der Waals surface area contributed by atoms with E-state index in [9.17, 15) is 20.4 Å². The van der Waals surface area contributed by atoms with Crippen molar-refractivity contribution in [3.8, 4) is 22.5 Å². The van der Waals surface area contributed by atoms with Crippen LogP contribution in [0.15, 0.2) is 65.8 Å². The van der Waals surface area contributed by atoms with E-state index in [4.69, 9.17) is 5.11 Å². The molecule has 1 heterocycles. The Balaban J connectivity index is 1.81. The van der Waals surface area contributed by atoms with E-state index in [1.54, 1.807) is 0 Å². The zero-order valence-corrected chi connectivity index (χ0v) is 16.4. The maximum absolute atomic E-state index is 9.89. The van der Waals surface area contributed by atoms with E-state index in [1.807, 2.05) is 60.7 Å². The maximum Gasteiger partial charge on any atom is 0.263 e. The molecule has 0 amide bonds. The maximum atomic E-state index is 9.89. The number of nitrogens with zero attached hydrogens (tertiary/aromatic N) is 4. The van der Waals surface area contributed by atoms with Gasteiger partial charge in [0.05, 0.1) is 12.8 Å². The third-order valence-corrected chi connectivity index (χ3v) is 4.45. The van der Waals surface area contributed by atoms with E-state index >= 15 is 0 Å². The number of anilines is 1. The lowest BCUT2D eigenvalue weighted by Gasteiger charge is -2.23. The van der Waals surface area contributed by atoms with Gasteiger partial charge in [-0.25, -0.2) is 10.4 Å². The fourth-order valence-electron chi connectivity index (χ4n) is 2.76. The van der Waals surface area contributed by atoms with Crippen molar-refractivity contribution in [2.45, 2.75) is 24.4 Å². The molecule has 2 aromatic carbocycles. The number of aliphatic hydroxyl groups excluding tert-OH is 5. The minimum absolute atomic E-state index is 0.0485. The second-order valence-corrected chi connectivity index (χ2v) is 6.68. The molecular weight excluding hydrogens is 402 g/mol. The zero-order chi connectivity index (χ0) is 22.2. The first kappa shape index (κ1) is 22.4. The van der Waals surface area contributed by atoms with Crippen LogP contribution >= 0.6 is 0 Å². The smallest absolute Gasteiger partial charge is 0.263 e. The molecule has 6 N–H and O–H groups in total. The minimum Gasteiger partial charge on any atom is -0.394 e. The Hall–Kier alpha value is -3.28. The van der Waals surface area contributed by atoms with Gasteiger partial charge in [0.15, 0.2) is 0 Å². The summed E-state index contributed by atoms with van der Waals surface area (Å²) in [6.07, 6.45) is -5.81. The second kappa shape index (κ2) is 10.7. The molecule has 0 radical (unpaired) electrons. The molecular formula is C21H23N5O5. The number of aliphatic hydroxyl groups is 5. The molecule has 0 aliphatic heterocycles. The van der Waals surface area contributed by atoms with E-state index < -0.39 is 31.0 Å². The van der Waals surface area contributed by atoms with Crippen molar-refractivity contribution in [3.05, 3.63) is 60.7 Å². The Morgan fingerprint density at radius 2 is 1.39 bits per heavy atom. The van der Waals surface area contributed by atoms with E-state index in [2.05, 4.69) is 25.7 Å². The summed E-state index contributed by atoms with van der Waals surface area (Å²) in [4.78, 5) is 4.47. The van der Waals surface area contributed by atoms with Gasteiger partial charge in [0, 0.05) is 11.1 Å². The Morgan fingerprint density at radius 1 is 0.806 bits per heavy atom. The van der Waals surface area contributed by atoms with Gasteiger partial charge in [-0.2, -0.15) is 5.10 Å². The molecule has 0 bridgehead atoms. The fraction of sp³-hybridized carbons (Fsp3) is 0.238. The van der Waals surface area contributed by atoms with E-state index in [0.717, 1.165) is 17.3 Å². The van der Waals surface area contributed by atoms with E-state index in [1.165, 1.54) is 0 Å². The largest absolute Gasteiger partial charge is 0.394 e. The average Bonchev–Trinajstić information content (AvgIpc) is 2.83. The van der Waals surface area contributed by atoms with Gasteiger partial charge >= 0.3 is 0 Å². The van der Waals surface area contributed by atoms with Gasteiger partial charge in [0.1, 0.15) is 35.8 Å².